The first kappa shape index (κ1) is 28.8. The lowest BCUT2D eigenvalue weighted by molar-refractivity contribution is -0.153. The molecule has 0 aliphatic heterocycles. The van der Waals surface area contributed by atoms with Crippen molar-refractivity contribution in [1.82, 2.24) is 10.3 Å². The Morgan fingerprint density at radius 2 is 1.62 bits per heavy atom. The maximum Gasteiger partial charge on any atom is 0.452 e. The lowest BCUT2D eigenvalue weighted by atomic mass is 9.77. The van der Waals surface area contributed by atoms with Crippen LogP contribution in [0.1, 0.15) is 66.3 Å². The molecule has 40 heavy (non-hydrogen) atoms. The zero-order chi connectivity index (χ0) is 28.9. The van der Waals surface area contributed by atoms with Crippen molar-refractivity contribution in [2.24, 2.45) is 5.92 Å². The Balaban J connectivity index is 1.28. The summed E-state index contributed by atoms with van der Waals surface area (Å²) in [6.45, 7) is -0.252. The minimum Gasteiger partial charge on any atom is -0.481 e. The van der Waals surface area contributed by atoms with Crippen molar-refractivity contribution >= 4 is 23.5 Å². The van der Waals surface area contributed by atoms with Crippen LogP contribution in [0.5, 0.6) is 0 Å². The molecule has 1 heterocycles. The van der Waals surface area contributed by atoms with Gasteiger partial charge in [-0.05, 0) is 79.5 Å². The molecule has 0 radical (unpaired) electrons. The van der Waals surface area contributed by atoms with Gasteiger partial charge in [-0.15, -0.1) is 0 Å². The number of alkyl halides is 3. The molecule has 1 fully saturated rings. The number of nitrogens with zero attached hydrogens (tertiary/aromatic N) is 1. The number of aromatic nitrogens is 1. The summed E-state index contributed by atoms with van der Waals surface area (Å²) in [4.78, 5) is 39.3. The van der Waals surface area contributed by atoms with Gasteiger partial charge in [0.15, 0.2) is 5.69 Å². The molecule has 3 aromatic rings. The molecule has 0 saturated heterocycles. The van der Waals surface area contributed by atoms with Crippen molar-refractivity contribution in [2.45, 2.75) is 50.6 Å². The predicted molar refractivity (Wildman–Crippen MR) is 136 cm³/mol. The van der Waals surface area contributed by atoms with Gasteiger partial charge in [-0.3, -0.25) is 14.4 Å². The molecule has 0 spiro atoms. The highest BCUT2D eigenvalue weighted by Crippen LogP contribution is 2.37. The Bertz CT molecular complexity index is 1350. The molecule has 2 amide bonds. The van der Waals surface area contributed by atoms with Crippen molar-refractivity contribution in [2.75, 3.05) is 11.9 Å². The van der Waals surface area contributed by atoms with E-state index in [1.54, 1.807) is 12.1 Å². The first-order valence-electron chi connectivity index (χ1n) is 12.7. The quantitative estimate of drug-likeness (QED) is 0.275. The summed E-state index contributed by atoms with van der Waals surface area (Å²) in [6, 6.07) is 11.7. The van der Waals surface area contributed by atoms with Crippen molar-refractivity contribution in [3.63, 3.8) is 0 Å². The van der Waals surface area contributed by atoms with E-state index >= 15 is 0 Å². The van der Waals surface area contributed by atoms with Crippen molar-refractivity contribution in [1.29, 1.82) is 0 Å². The Morgan fingerprint density at radius 3 is 2.23 bits per heavy atom. The average Bonchev–Trinajstić information content (AvgIpc) is 3.36. The number of aliphatic carboxylic acids is 1. The maximum absolute atomic E-state index is 13.4. The van der Waals surface area contributed by atoms with Crippen LogP contribution in [0.15, 0.2) is 52.9 Å². The summed E-state index contributed by atoms with van der Waals surface area (Å²) in [5.74, 6) is -4.55. The number of hydrogen-bond donors (Lipinski definition) is 3. The predicted octanol–water partition coefficient (Wildman–Crippen LogP) is 6.01. The van der Waals surface area contributed by atoms with Crippen molar-refractivity contribution in [3.05, 3.63) is 71.4 Å². The van der Waals surface area contributed by atoms with Crippen LogP contribution in [-0.2, 0) is 15.8 Å². The van der Waals surface area contributed by atoms with Crippen LogP contribution in [-0.4, -0.2) is 34.4 Å². The van der Waals surface area contributed by atoms with E-state index in [4.69, 9.17) is 9.52 Å². The van der Waals surface area contributed by atoms with E-state index in [0.717, 1.165) is 43.4 Å². The number of hydrogen-bond acceptors (Lipinski definition) is 5. The van der Waals surface area contributed by atoms with Crippen molar-refractivity contribution < 1.29 is 41.5 Å². The zero-order valence-corrected chi connectivity index (χ0v) is 21.3. The van der Waals surface area contributed by atoms with E-state index < -0.39 is 47.1 Å². The normalized spacial score (nSPS) is 17.3. The molecule has 4 rings (SSSR count). The van der Waals surface area contributed by atoms with Crippen LogP contribution in [0.2, 0.25) is 0 Å². The van der Waals surface area contributed by atoms with Crippen molar-refractivity contribution in [3.8, 4) is 11.5 Å². The number of benzene rings is 2. The number of carboxylic acids is 1. The first-order chi connectivity index (χ1) is 19.0. The Kier molecular flexibility index (Phi) is 8.86. The lowest BCUT2D eigenvalue weighted by Crippen LogP contribution is -2.29. The molecule has 212 valence electrons. The monoisotopic (exact) mass is 561 g/mol. The van der Waals surface area contributed by atoms with E-state index in [1.807, 2.05) is 12.1 Å². The fourth-order valence-electron chi connectivity index (χ4n) is 4.76. The standard InChI is InChI=1S/C28H27F4N3O5/c29-20-9-5-19(6-10-20)27-35-24(25(40-27)28(30,31)32)26(39)33-14-13-22(36)34-21-11-7-18(8-12-21)17-3-1-16(2-4-17)15-23(37)38/h5-12,16-17H,1-4,13-15H2,(H,33,39)(H,34,36)(H,37,38). The molecule has 1 aromatic heterocycles. The van der Waals surface area contributed by atoms with Crippen LogP contribution < -0.4 is 10.6 Å². The van der Waals surface area contributed by atoms with Gasteiger partial charge in [-0.25, -0.2) is 9.37 Å². The van der Waals surface area contributed by atoms with Gasteiger partial charge in [-0.1, -0.05) is 12.1 Å². The molecule has 0 bridgehead atoms. The Labute approximate surface area is 226 Å². The van der Waals surface area contributed by atoms with Crippen LogP contribution in [0.3, 0.4) is 0 Å². The third kappa shape index (κ3) is 7.45. The smallest absolute Gasteiger partial charge is 0.452 e. The molecular formula is C28H27F4N3O5. The van der Waals surface area contributed by atoms with E-state index in [2.05, 4.69) is 15.6 Å². The summed E-state index contributed by atoms with van der Waals surface area (Å²) in [6.07, 6.45) is -1.50. The van der Waals surface area contributed by atoms with Gasteiger partial charge in [0.1, 0.15) is 5.82 Å². The number of halogens is 4. The van der Waals surface area contributed by atoms with Gasteiger partial charge in [-0.2, -0.15) is 13.2 Å². The van der Waals surface area contributed by atoms with Crippen LogP contribution >= 0.6 is 0 Å². The fourth-order valence-corrected chi connectivity index (χ4v) is 4.76. The number of rotatable bonds is 9. The number of carbonyl (C=O) groups excluding carboxylic acids is 2. The van der Waals surface area contributed by atoms with Crippen LogP contribution in [0.4, 0.5) is 23.2 Å². The first-order valence-corrected chi connectivity index (χ1v) is 12.7. The van der Waals surface area contributed by atoms with Crippen LogP contribution in [0.25, 0.3) is 11.5 Å². The Hall–Kier alpha value is -4.22. The summed E-state index contributed by atoms with van der Waals surface area (Å²) >= 11 is 0. The molecule has 1 saturated carbocycles. The SMILES string of the molecule is O=C(O)CC1CCC(c2ccc(NC(=O)CCNC(=O)c3nc(-c4ccc(F)cc4)oc3C(F)(F)F)cc2)CC1. The van der Waals surface area contributed by atoms with Gasteiger partial charge < -0.3 is 20.2 Å². The second-order valence-corrected chi connectivity index (χ2v) is 9.69. The minimum atomic E-state index is -5.00. The van der Waals surface area contributed by atoms with Gasteiger partial charge in [0.05, 0.1) is 0 Å². The van der Waals surface area contributed by atoms with Gasteiger partial charge in [0, 0.05) is 30.6 Å². The number of carboxylic acid groups (broad SMARTS) is 1. The van der Waals surface area contributed by atoms with E-state index in [1.165, 1.54) is 12.1 Å². The number of amides is 2. The van der Waals surface area contributed by atoms with Gasteiger partial charge in [0.25, 0.3) is 5.91 Å². The second kappa shape index (κ2) is 12.3. The van der Waals surface area contributed by atoms with Gasteiger partial charge >= 0.3 is 12.1 Å². The maximum atomic E-state index is 13.4. The highest BCUT2D eigenvalue weighted by Gasteiger charge is 2.42. The molecule has 8 nitrogen and oxygen atoms in total. The minimum absolute atomic E-state index is 0.0576. The molecule has 12 heteroatoms. The molecule has 0 unspecified atom stereocenters. The number of oxazole rings is 1. The topological polar surface area (TPSA) is 122 Å². The van der Waals surface area contributed by atoms with Crippen LogP contribution in [0, 0.1) is 11.7 Å². The zero-order valence-electron chi connectivity index (χ0n) is 21.3. The molecule has 3 N–H and O–H groups in total. The molecule has 2 aromatic carbocycles. The molecular weight excluding hydrogens is 534 g/mol. The van der Waals surface area contributed by atoms with E-state index in [9.17, 15) is 31.9 Å². The third-order valence-electron chi connectivity index (χ3n) is 6.80. The highest BCUT2D eigenvalue weighted by atomic mass is 19.4. The molecule has 1 aliphatic carbocycles. The summed E-state index contributed by atoms with van der Waals surface area (Å²) in [7, 11) is 0. The second-order valence-electron chi connectivity index (χ2n) is 9.69. The third-order valence-corrected chi connectivity index (χ3v) is 6.80. The summed E-state index contributed by atoms with van der Waals surface area (Å²) in [5, 5.41) is 13.9. The average molecular weight is 562 g/mol. The van der Waals surface area contributed by atoms with E-state index in [-0.39, 0.29) is 30.9 Å². The molecule has 0 atom stereocenters. The largest absolute Gasteiger partial charge is 0.481 e. The highest BCUT2D eigenvalue weighted by molar-refractivity contribution is 5.95. The number of nitrogens with one attached hydrogen (secondary N) is 2. The summed E-state index contributed by atoms with van der Waals surface area (Å²) < 4.78 is 58.3. The Morgan fingerprint density at radius 1 is 0.975 bits per heavy atom. The van der Waals surface area contributed by atoms with E-state index in [0.29, 0.717) is 11.6 Å². The number of carbonyl (C=O) groups is 3. The lowest BCUT2D eigenvalue weighted by Gasteiger charge is -2.28. The van der Waals surface area contributed by atoms with Gasteiger partial charge in [0.2, 0.25) is 17.6 Å². The molecule has 1 aliphatic rings. The summed E-state index contributed by atoms with van der Waals surface area (Å²) in [5.41, 5.74) is 0.702. The fraction of sp³-hybridized carbons (Fsp3) is 0.357. The number of anilines is 1.